The number of ether oxygens (including phenoxy) is 1. The van der Waals surface area contributed by atoms with Crippen LogP contribution >= 0.6 is 27.5 Å². The molecule has 0 fully saturated rings. The third-order valence-electron chi connectivity index (χ3n) is 3.40. The van der Waals surface area contributed by atoms with Crippen molar-refractivity contribution >= 4 is 27.5 Å². The lowest BCUT2D eigenvalue weighted by atomic mass is 9.94. The van der Waals surface area contributed by atoms with Gasteiger partial charge in [-0.15, -0.1) is 11.6 Å². The molecule has 0 N–H and O–H groups in total. The molecule has 1 unspecified atom stereocenters. The minimum atomic E-state index is -0.288. The van der Waals surface area contributed by atoms with Crippen LogP contribution in [0.2, 0.25) is 0 Å². The first-order valence-corrected chi connectivity index (χ1v) is 8.08. The van der Waals surface area contributed by atoms with Gasteiger partial charge in [0.2, 0.25) is 0 Å². The summed E-state index contributed by atoms with van der Waals surface area (Å²) in [6, 6.07) is 13.3. The van der Waals surface area contributed by atoms with Crippen molar-refractivity contribution in [2.24, 2.45) is 5.92 Å². The molecule has 21 heavy (non-hydrogen) atoms. The zero-order chi connectivity index (χ0) is 15.2. The SMILES string of the molecule is COc1cccc(CC(CCl)Cc2cccc(Br)c2)c1F. The monoisotopic (exact) mass is 370 g/mol. The van der Waals surface area contributed by atoms with Gasteiger partial charge in [-0.1, -0.05) is 40.2 Å². The highest BCUT2D eigenvalue weighted by Gasteiger charge is 2.15. The lowest BCUT2D eigenvalue weighted by molar-refractivity contribution is 0.382. The Kier molecular flexibility index (Phi) is 6.07. The van der Waals surface area contributed by atoms with Crippen LogP contribution in [0.25, 0.3) is 0 Å². The van der Waals surface area contributed by atoms with Gasteiger partial charge in [0, 0.05) is 10.4 Å². The van der Waals surface area contributed by atoms with Crippen molar-refractivity contribution in [2.45, 2.75) is 12.8 Å². The third-order valence-corrected chi connectivity index (χ3v) is 4.33. The van der Waals surface area contributed by atoms with Gasteiger partial charge in [0.25, 0.3) is 0 Å². The van der Waals surface area contributed by atoms with E-state index in [1.54, 1.807) is 12.1 Å². The Hall–Kier alpha value is -1.06. The summed E-state index contributed by atoms with van der Waals surface area (Å²) in [6.45, 7) is 0. The molecule has 1 nitrogen and oxygen atoms in total. The maximum absolute atomic E-state index is 14.2. The van der Waals surface area contributed by atoms with Gasteiger partial charge in [-0.05, 0) is 48.1 Å². The Morgan fingerprint density at radius 2 is 1.95 bits per heavy atom. The van der Waals surface area contributed by atoms with Crippen LogP contribution in [0.4, 0.5) is 4.39 Å². The summed E-state index contributed by atoms with van der Waals surface area (Å²) >= 11 is 9.53. The summed E-state index contributed by atoms with van der Waals surface area (Å²) in [7, 11) is 1.47. The fourth-order valence-electron chi connectivity index (χ4n) is 2.36. The van der Waals surface area contributed by atoms with Gasteiger partial charge >= 0.3 is 0 Å². The molecule has 0 aliphatic carbocycles. The number of rotatable bonds is 6. The lowest BCUT2D eigenvalue weighted by Gasteiger charge is -2.15. The Balaban J connectivity index is 2.12. The standard InChI is InChI=1S/C17H17BrClFO/c1-21-16-7-3-5-14(17(16)20)9-13(11-19)8-12-4-2-6-15(18)10-12/h2-7,10,13H,8-9,11H2,1H3. The quantitative estimate of drug-likeness (QED) is 0.631. The summed E-state index contributed by atoms with van der Waals surface area (Å²) in [6.07, 6.45) is 1.42. The van der Waals surface area contributed by atoms with Crippen LogP contribution in [0.1, 0.15) is 11.1 Å². The molecule has 0 saturated heterocycles. The first-order chi connectivity index (χ1) is 10.1. The number of hydrogen-bond donors (Lipinski definition) is 0. The molecule has 2 rings (SSSR count). The predicted molar refractivity (Wildman–Crippen MR) is 88.7 cm³/mol. The van der Waals surface area contributed by atoms with Gasteiger partial charge in [-0.2, -0.15) is 0 Å². The van der Waals surface area contributed by atoms with Gasteiger partial charge in [-0.25, -0.2) is 4.39 Å². The number of alkyl halides is 1. The summed E-state index contributed by atoms with van der Waals surface area (Å²) in [5, 5.41) is 0. The molecule has 0 spiro atoms. The highest BCUT2D eigenvalue weighted by molar-refractivity contribution is 9.10. The van der Waals surface area contributed by atoms with Gasteiger partial charge in [0.15, 0.2) is 11.6 Å². The average molecular weight is 372 g/mol. The number of methoxy groups -OCH3 is 1. The molecule has 112 valence electrons. The van der Waals surface area contributed by atoms with Gasteiger partial charge in [0.05, 0.1) is 7.11 Å². The molecule has 0 bridgehead atoms. The fourth-order valence-corrected chi connectivity index (χ4v) is 3.03. The largest absolute Gasteiger partial charge is 0.494 e. The molecular formula is C17H17BrClFO. The minimum Gasteiger partial charge on any atom is -0.494 e. The molecule has 2 aromatic rings. The second-order valence-electron chi connectivity index (χ2n) is 4.99. The molecule has 0 saturated carbocycles. The number of benzene rings is 2. The van der Waals surface area contributed by atoms with E-state index in [1.807, 2.05) is 18.2 Å². The highest BCUT2D eigenvalue weighted by Crippen LogP contribution is 2.24. The maximum Gasteiger partial charge on any atom is 0.168 e. The van der Waals surface area contributed by atoms with Gasteiger partial charge < -0.3 is 4.74 Å². The first kappa shape index (κ1) is 16.3. The summed E-state index contributed by atoms with van der Waals surface area (Å²) < 4.78 is 20.3. The zero-order valence-corrected chi connectivity index (χ0v) is 14.1. The third kappa shape index (κ3) is 4.45. The summed E-state index contributed by atoms with van der Waals surface area (Å²) in [4.78, 5) is 0. The molecule has 0 aromatic heterocycles. The molecule has 4 heteroatoms. The molecule has 2 aromatic carbocycles. The minimum absolute atomic E-state index is 0.183. The normalized spacial score (nSPS) is 12.2. The van der Waals surface area contributed by atoms with Crippen LogP contribution in [0, 0.1) is 11.7 Å². The number of halogens is 3. The molecule has 0 aliphatic rings. The Bertz CT molecular complexity index is 603. The van der Waals surface area contributed by atoms with Crippen molar-refractivity contribution in [3.05, 3.63) is 63.9 Å². The van der Waals surface area contributed by atoms with Gasteiger partial charge in [-0.3, -0.25) is 0 Å². The molecule has 0 amide bonds. The molecule has 0 heterocycles. The van der Waals surface area contributed by atoms with Crippen molar-refractivity contribution in [1.82, 2.24) is 0 Å². The fraction of sp³-hybridized carbons (Fsp3) is 0.294. The van der Waals surface area contributed by atoms with E-state index in [2.05, 4.69) is 28.1 Å². The summed E-state index contributed by atoms with van der Waals surface area (Å²) in [5.74, 6) is 0.665. The van der Waals surface area contributed by atoms with E-state index in [-0.39, 0.29) is 17.5 Å². The van der Waals surface area contributed by atoms with E-state index in [0.717, 1.165) is 10.9 Å². The summed E-state index contributed by atoms with van der Waals surface area (Å²) in [5.41, 5.74) is 1.84. The maximum atomic E-state index is 14.2. The van der Waals surface area contributed by atoms with Crippen LogP contribution in [0.3, 0.4) is 0 Å². The first-order valence-electron chi connectivity index (χ1n) is 6.75. The molecule has 0 aliphatic heterocycles. The van der Waals surface area contributed by atoms with Crippen LogP contribution in [0.5, 0.6) is 5.75 Å². The van der Waals surface area contributed by atoms with Crippen molar-refractivity contribution < 1.29 is 9.13 Å². The Morgan fingerprint density at radius 1 is 1.19 bits per heavy atom. The number of hydrogen-bond acceptors (Lipinski definition) is 1. The van der Waals surface area contributed by atoms with Gasteiger partial charge in [0.1, 0.15) is 0 Å². The smallest absolute Gasteiger partial charge is 0.168 e. The van der Waals surface area contributed by atoms with Crippen molar-refractivity contribution in [3.8, 4) is 5.75 Å². The van der Waals surface area contributed by atoms with E-state index in [4.69, 9.17) is 16.3 Å². The zero-order valence-electron chi connectivity index (χ0n) is 11.8. The van der Waals surface area contributed by atoms with E-state index in [1.165, 1.54) is 12.7 Å². The van der Waals surface area contributed by atoms with Crippen molar-refractivity contribution in [1.29, 1.82) is 0 Å². The molecule has 1 atom stereocenters. The predicted octanol–water partition coefficient (Wildman–Crippen LogP) is 5.24. The van der Waals surface area contributed by atoms with E-state index in [0.29, 0.717) is 17.9 Å². The Morgan fingerprint density at radius 3 is 2.62 bits per heavy atom. The van der Waals surface area contributed by atoms with E-state index >= 15 is 0 Å². The Labute approximate surface area is 138 Å². The van der Waals surface area contributed by atoms with Crippen molar-refractivity contribution in [3.63, 3.8) is 0 Å². The van der Waals surface area contributed by atoms with Crippen LogP contribution < -0.4 is 4.74 Å². The van der Waals surface area contributed by atoms with Crippen LogP contribution in [-0.4, -0.2) is 13.0 Å². The van der Waals surface area contributed by atoms with Crippen molar-refractivity contribution in [2.75, 3.05) is 13.0 Å². The van der Waals surface area contributed by atoms with Crippen LogP contribution in [0.15, 0.2) is 46.9 Å². The topological polar surface area (TPSA) is 9.23 Å². The van der Waals surface area contributed by atoms with E-state index in [9.17, 15) is 4.39 Å². The van der Waals surface area contributed by atoms with Crippen LogP contribution in [-0.2, 0) is 12.8 Å². The second-order valence-corrected chi connectivity index (χ2v) is 6.22. The average Bonchev–Trinajstić information content (AvgIpc) is 2.48. The molecule has 0 radical (unpaired) electrons. The lowest BCUT2D eigenvalue weighted by Crippen LogP contribution is -2.11. The van der Waals surface area contributed by atoms with E-state index < -0.39 is 0 Å². The highest BCUT2D eigenvalue weighted by atomic mass is 79.9. The molecular weight excluding hydrogens is 355 g/mol. The second kappa shape index (κ2) is 7.81.